The fourth-order valence-corrected chi connectivity index (χ4v) is 4.52. The van der Waals surface area contributed by atoms with Gasteiger partial charge in [0.05, 0.1) is 5.60 Å². The molecule has 15 heteroatoms. The number of nitrogens with zero attached hydrogens (tertiary/aromatic N) is 2. The first kappa shape index (κ1) is 44.1. The minimum atomic E-state index is -0.979. The Morgan fingerprint density at radius 1 is 0.900 bits per heavy atom. The molecule has 284 valence electrons. The van der Waals surface area contributed by atoms with E-state index in [1.54, 1.807) is 45.2 Å². The van der Waals surface area contributed by atoms with E-state index in [1.165, 1.54) is 4.90 Å². The van der Waals surface area contributed by atoms with Gasteiger partial charge < -0.3 is 52.0 Å². The molecule has 6 amide bonds. The van der Waals surface area contributed by atoms with Crippen molar-refractivity contribution >= 4 is 35.5 Å². The maximum Gasteiger partial charge on any atom is 0.409 e. The third-order valence-electron chi connectivity index (χ3n) is 7.84. The fraction of sp³-hybridized carbons (Fsp3) is 0.686. The summed E-state index contributed by atoms with van der Waals surface area (Å²) in [7, 11) is 5.52. The lowest BCUT2D eigenvalue weighted by Gasteiger charge is -2.28. The Balaban J connectivity index is 2.87. The van der Waals surface area contributed by atoms with E-state index in [2.05, 4.69) is 21.3 Å². The van der Waals surface area contributed by atoms with Crippen molar-refractivity contribution in [2.45, 2.75) is 103 Å². The Kier molecular flexibility index (Phi) is 18.8. The van der Waals surface area contributed by atoms with Crippen molar-refractivity contribution in [1.29, 1.82) is 0 Å². The van der Waals surface area contributed by atoms with Crippen LogP contribution >= 0.6 is 0 Å². The first-order valence-corrected chi connectivity index (χ1v) is 17.2. The summed E-state index contributed by atoms with van der Waals surface area (Å²) in [5.41, 5.74) is 11.5. The van der Waals surface area contributed by atoms with Gasteiger partial charge in [-0.2, -0.15) is 0 Å². The molecule has 1 unspecified atom stereocenters. The van der Waals surface area contributed by atoms with Gasteiger partial charge in [-0.3, -0.25) is 14.4 Å². The van der Waals surface area contributed by atoms with Crippen LogP contribution in [0.4, 0.5) is 15.3 Å². The van der Waals surface area contributed by atoms with Crippen LogP contribution in [0.15, 0.2) is 24.3 Å². The van der Waals surface area contributed by atoms with Crippen molar-refractivity contribution in [2.75, 3.05) is 52.7 Å². The number of likely N-dealkylation sites (N-methyl/N-ethyl adjacent to an activating group) is 2. The lowest BCUT2D eigenvalue weighted by molar-refractivity contribution is -0.132. The molecule has 0 aliphatic rings. The van der Waals surface area contributed by atoms with E-state index in [1.807, 2.05) is 46.7 Å². The van der Waals surface area contributed by atoms with E-state index in [-0.39, 0.29) is 43.4 Å². The zero-order chi connectivity index (χ0) is 38.1. The highest BCUT2D eigenvalue weighted by Gasteiger charge is 2.30. The van der Waals surface area contributed by atoms with Gasteiger partial charge in [-0.25, -0.2) is 9.59 Å². The molecule has 50 heavy (non-hydrogen) atoms. The van der Waals surface area contributed by atoms with E-state index < -0.39 is 41.6 Å². The van der Waals surface area contributed by atoms with Crippen LogP contribution in [-0.4, -0.2) is 110 Å². The first-order chi connectivity index (χ1) is 23.2. The summed E-state index contributed by atoms with van der Waals surface area (Å²) in [4.78, 5) is 66.7. The highest BCUT2D eigenvalue weighted by Crippen LogP contribution is 2.19. The van der Waals surface area contributed by atoms with Crippen molar-refractivity contribution in [3.8, 4) is 0 Å². The molecule has 0 heterocycles. The zero-order valence-electron chi connectivity index (χ0n) is 31.5. The number of nitrogens with two attached hydrogens (primary N) is 2. The Bertz CT molecular complexity index is 1230. The van der Waals surface area contributed by atoms with Crippen molar-refractivity contribution in [1.82, 2.24) is 25.8 Å². The van der Waals surface area contributed by atoms with Gasteiger partial charge in [0.15, 0.2) is 0 Å². The summed E-state index contributed by atoms with van der Waals surface area (Å²) in [6.07, 6.45) is 1.35. The molecule has 0 fully saturated rings. The Labute approximate surface area is 297 Å². The number of amides is 6. The van der Waals surface area contributed by atoms with Gasteiger partial charge in [0, 0.05) is 50.9 Å². The molecule has 15 nitrogen and oxygen atoms in total. The van der Waals surface area contributed by atoms with Crippen molar-refractivity contribution in [2.24, 2.45) is 17.4 Å². The molecular formula is C35H62N8O7. The number of hydrogen-bond acceptors (Lipinski definition) is 9. The molecule has 0 saturated heterocycles. The van der Waals surface area contributed by atoms with Crippen LogP contribution in [0.25, 0.3) is 0 Å². The molecule has 0 saturated carbocycles. The van der Waals surface area contributed by atoms with E-state index in [0.29, 0.717) is 44.6 Å². The second-order valence-corrected chi connectivity index (χ2v) is 14.6. The quantitative estimate of drug-likeness (QED) is 0.0978. The normalized spacial score (nSPS) is 13.0. The average molecular weight is 707 g/mol. The fourth-order valence-electron chi connectivity index (χ4n) is 4.52. The standard InChI is InChI=1S/C35H62N8O7/c1-24(2)29(41-28(44)16-17-35(5,6)50-22-18-34(3,4)37)31(46)40-27(11-10-19-38-32(36)47)30(45)39-26-14-12-25(13-15-26)23-49-33(48)43(9)21-20-42(7)8/h12-15,24,27,29H,10-11,16-23,37H2,1-9H3,(H,39,45)(H,40,46)(H,41,44)(H3,36,38,47)/t27-,29?/m0/s1. The number of carbonyl (C=O) groups excluding carboxylic acids is 5. The van der Waals surface area contributed by atoms with Crippen LogP contribution in [0.3, 0.4) is 0 Å². The number of rotatable bonds is 22. The minimum absolute atomic E-state index is 0.0599. The molecule has 0 aliphatic carbocycles. The maximum atomic E-state index is 13.5. The molecule has 0 radical (unpaired) electrons. The number of carbonyl (C=O) groups is 5. The smallest absolute Gasteiger partial charge is 0.409 e. The summed E-state index contributed by atoms with van der Waals surface area (Å²) < 4.78 is 11.3. The molecule has 1 aromatic carbocycles. The molecule has 0 aromatic heterocycles. The van der Waals surface area contributed by atoms with Crippen molar-refractivity contribution in [3.63, 3.8) is 0 Å². The molecule has 0 spiro atoms. The topological polar surface area (TPSA) is 210 Å². The summed E-state index contributed by atoms with van der Waals surface area (Å²) in [5, 5.41) is 10.9. The third-order valence-corrected chi connectivity index (χ3v) is 7.84. The van der Waals surface area contributed by atoms with Gasteiger partial charge in [-0.05, 0) is 91.1 Å². The summed E-state index contributed by atoms with van der Waals surface area (Å²) in [6, 6.07) is 4.22. The van der Waals surface area contributed by atoms with Crippen LogP contribution in [-0.2, 0) is 30.5 Å². The molecule has 0 aliphatic heterocycles. The third kappa shape index (κ3) is 19.3. The van der Waals surface area contributed by atoms with Gasteiger partial charge in [0.25, 0.3) is 0 Å². The molecule has 1 rings (SSSR count). The largest absolute Gasteiger partial charge is 0.445 e. The predicted octanol–water partition coefficient (Wildman–Crippen LogP) is 2.53. The highest BCUT2D eigenvalue weighted by atomic mass is 16.6. The van der Waals surface area contributed by atoms with E-state index >= 15 is 0 Å². The lowest BCUT2D eigenvalue weighted by atomic mass is 9.99. The molecule has 8 N–H and O–H groups in total. The van der Waals surface area contributed by atoms with Crippen LogP contribution in [0.1, 0.15) is 79.2 Å². The van der Waals surface area contributed by atoms with Crippen LogP contribution in [0.2, 0.25) is 0 Å². The minimum Gasteiger partial charge on any atom is -0.445 e. The SMILES string of the molecule is CC(C)C(NC(=O)CCC(C)(C)OCCC(C)(C)N)C(=O)N[C@@H](CCCNC(N)=O)C(=O)Nc1ccc(COC(=O)N(C)CCN(C)C)cc1. The second kappa shape index (κ2) is 21.3. The Hall–Kier alpha value is -3.95. The van der Waals surface area contributed by atoms with Crippen LogP contribution in [0, 0.1) is 5.92 Å². The lowest BCUT2D eigenvalue weighted by Crippen LogP contribution is -2.54. The number of anilines is 1. The highest BCUT2D eigenvalue weighted by molar-refractivity contribution is 5.98. The van der Waals surface area contributed by atoms with Gasteiger partial charge in [0.2, 0.25) is 17.7 Å². The number of benzene rings is 1. The molecule has 0 bridgehead atoms. The Morgan fingerprint density at radius 3 is 2.10 bits per heavy atom. The number of hydrogen-bond donors (Lipinski definition) is 6. The monoisotopic (exact) mass is 706 g/mol. The van der Waals surface area contributed by atoms with E-state index in [9.17, 15) is 24.0 Å². The van der Waals surface area contributed by atoms with Crippen LogP contribution < -0.4 is 32.7 Å². The number of ether oxygens (including phenoxy) is 2. The van der Waals surface area contributed by atoms with Crippen molar-refractivity contribution in [3.05, 3.63) is 29.8 Å². The number of urea groups is 1. The summed E-state index contributed by atoms with van der Waals surface area (Å²) in [6.45, 7) is 13.2. The van der Waals surface area contributed by atoms with Gasteiger partial charge in [0.1, 0.15) is 18.7 Å². The summed E-state index contributed by atoms with van der Waals surface area (Å²) >= 11 is 0. The predicted molar refractivity (Wildman–Crippen MR) is 194 cm³/mol. The first-order valence-electron chi connectivity index (χ1n) is 17.2. The second-order valence-electron chi connectivity index (χ2n) is 14.6. The maximum absolute atomic E-state index is 13.5. The Morgan fingerprint density at radius 2 is 1.54 bits per heavy atom. The van der Waals surface area contributed by atoms with E-state index in [4.69, 9.17) is 20.9 Å². The number of primary amides is 1. The van der Waals surface area contributed by atoms with Gasteiger partial charge in [-0.15, -0.1) is 0 Å². The van der Waals surface area contributed by atoms with Crippen LogP contribution in [0.5, 0.6) is 0 Å². The van der Waals surface area contributed by atoms with Crippen molar-refractivity contribution < 1.29 is 33.4 Å². The van der Waals surface area contributed by atoms with E-state index in [0.717, 1.165) is 5.56 Å². The molecule has 2 atom stereocenters. The molecule has 1 aromatic rings. The van der Waals surface area contributed by atoms with Gasteiger partial charge in [-0.1, -0.05) is 26.0 Å². The average Bonchev–Trinajstić information content (AvgIpc) is 3.01. The molecular weight excluding hydrogens is 644 g/mol. The van der Waals surface area contributed by atoms with Gasteiger partial charge >= 0.3 is 12.1 Å². The number of nitrogens with one attached hydrogen (secondary N) is 4. The summed E-state index contributed by atoms with van der Waals surface area (Å²) in [5.74, 6) is -1.57. The zero-order valence-corrected chi connectivity index (χ0v) is 31.5.